The second-order valence-corrected chi connectivity index (χ2v) is 14.7. The van der Waals surface area contributed by atoms with E-state index in [4.69, 9.17) is 14.2 Å². The Morgan fingerprint density at radius 3 is 2.36 bits per heavy atom. The minimum atomic E-state index is -0.763. The van der Waals surface area contributed by atoms with Crippen molar-refractivity contribution < 1.29 is 33.0 Å². The predicted molar refractivity (Wildman–Crippen MR) is 198 cm³/mol. The van der Waals surface area contributed by atoms with E-state index in [-0.39, 0.29) is 41.9 Å². The first-order chi connectivity index (χ1) is 25.6. The van der Waals surface area contributed by atoms with E-state index in [2.05, 4.69) is 19.2 Å². The third-order valence-electron chi connectivity index (χ3n) is 10.3. The molecule has 0 bridgehead atoms. The summed E-state index contributed by atoms with van der Waals surface area (Å²) in [7, 11) is 0. The van der Waals surface area contributed by atoms with Gasteiger partial charge in [0, 0.05) is 43.9 Å². The van der Waals surface area contributed by atoms with E-state index in [1.165, 1.54) is 6.07 Å². The number of ketones is 1. The van der Waals surface area contributed by atoms with Gasteiger partial charge in [0.15, 0.2) is 28.8 Å². The van der Waals surface area contributed by atoms with Gasteiger partial charge in [-0.1, -0.05) is 62.4 Å². The van der Waals surface area contributed by atoms with Crippen LogP contribution in [0.4, 0.5) is 15.8 Å². The first kappa shape index (κ1) is 34.3. The highest BCUT2D eigenvalue weighted by Crippen LogP contribution is 2.49. The normalized spacial score (nSPS) is 20.5. The van der Waals surface area contributed by atoms with Crippen LogP contribution in [0, 0.1) is 11.2 Å². The van der Waals surface area contributed by atoms with Crippen LogP contribution >= 0.6 is 0 Å². The molecule has 1 N–H and O–H groups in total. The molecule has 0 spiro atoms. The fourth-order valence-corrected chi connectivity index (χ4v) is 7.72. The van der Waals surface area contributed by atoms with Crippen molar-refractivity contribution in [3.8, 4) is 23.0 Å². The zero-order chi connectivity index (χ0) is 36.7. The summed E-state index contributed by atoms with van der Waals surface area (Å²) in [5.41, 5.74) is 3.19. The van der Waals surface area contributed by atoms with Crippen LogP contribution in [0.3, 0.4) is 0 Å². The lowest BCUT2D eigenvalue weighted by Gasteiger charge is -2.40. The monoisotopic (exact) mass is 716 g/mol. The summed E-state index contributed by atoms with van der Waals surface area (Å²) in [6.07, 6.45) is 0.182. The van der Waals surface area contributed by atoms with Gasteiger partial charge >= 0.3 is 0 Å². The quantitative estimate of drug-likeness (QED) is 0.234. The number of nitrogens with one attached hydrogen (secondary N) is 1. The molecule has 0 radical (unpaired) electrons. The number of allylic oxidation sites excluding steroid dienone is 1. The standard InChI is InChI=1S/C42H41FN4O6/c1-42(2)23-31-39(33(48)24-42)40(27-16-17-29(43)36(22-27)52-28-10-4-3-5-11-28)47(32-13-7-6-12-30(32)44-31)25-38(49)45-18-20-46(21-19-45)41(50)37-26-51-34-14-8-9-15-35(34)53-37/h3-17,22,37,40,44H,18-21,23-26H2,1-2H3. The molecule has 8 rings (SSSR count). The number of benzene rings is 4. The van der Waals surface area contributed by atoms with Crippen LogP contribution in [0.2, 0.25) is 0 Å². The van der Waals surface area contributed by atoms with Crippen LogP contribution in [0.15, 0.2) is 108 Å². The Morgan fingerprint density at radius 2 is 1.57 bits per heavy atom. The average molecular weight is 717 g/mol. The second kappa shape index (κ2) is 13.9. The minimum Gasteiger partial charge on any atom is -0.485 e. The van der Waals surface area contributed by atoms with Gasteiger partial charge in [0.05, 0.1) is 24.0 Å². The van der Waals surface area contributed by atoms with Crippen molar-refractivity contribution in [3.05, 3.63) is 120 Å². The maximum Gasteiger partial charge on any atom is 0.267 e. The van der Waals surface area contributed by atoms with Crippen LogP contribution in [-0.4, -0.2) is 72.8 Å². The summed E-state index contributed by atoms with van der Waals surface area (Å²) in [6.45, 7) is 5.55. The van der Waals surface area contributed by atoms with Crippen LogP contribution in [-0.2, 0) is 14.4 Å². The first-order valence-corrected chi connectivity index (χ1v) is 18.0. The molecule has 4 aliphatic rings. The van der Waals surface area contributed by atoms with Crippen molar-refractivity contribution in [2.75, 3.05) is 49.5 Å². The zero-order valence-corrected chi connectivity index (χ0v) is 29.7. The molecule has 1 fully saturated rings. The van der Waals surface area contributed by atoms with Gasteiger partial charge < -0.3 is 34.2 Å². The molecule has 1 aliphatic carbocycles. The van der Waals surface area contributed by atoms with Crippen molar-refractivity contribution >= 4 is 29.0 Å². The van der Waals surface area contributed by atoms with E-state index in [0.29, 0.717) is 67.4 Å². The Labute approximate surface area is 307 Å². The number of piperazine rings is 1. The lowest BCUT2D eigenvalue weighted by atomic mass is 9.73. The molecule has 3 heterocycles. The van der Waals surface area contributed by atoms with Crippen LogP contribution in [0.5, 0.6) is 23.0 Å². The lowest BCUT2D eigenvalue weighted by Crippen LogP contribution is -2.56. The van der Waals surface area contributed by atoms with Gasteiger partial charge in [0.25, 0.3) is 5.91 Å². The number of anilines is 2. The molecule has 0 aromatic heterocycles. The molecule has 1 saturated heterocycles. The van der Waals surface area contributed by atoms with Crippen LogP contribution < -0.4 is 24.4 Å². The number of fused-ring (bicyclic) bond motifs is 2. The third kappa shape index (κ3) is 6.91. The summed E-state index contributed by atoms with van der Waals surface area (Å²) >= 11 is 0. The molecule has 10 nitrogen and oxygen atoms in total. The number of halogens is 1. The van der Waals surface area contributed by atoms with Gasteiger partial charge in [-0.3, -0.25) is 14.4 Å². The minimum absolute atomic E-state index is 0.0211. The number of Topliss-reactive ketones (excluding diaryl/α,β-unsaturated/α-hetero) is 1. The largest absolute Gasteiger partial charge is 0.485 e. The van der Waals surface area contributed by atoms with Gasteiger partial charge in [-0.2, -0.15) is 0 Å². The number of hydrogen-bond donors (Lipinski definition) is 1. The topological polar surface area (TPSA) is 101 Å². The Kier molecular flexibility index (Phi) is 9.01. The van der Waals surface area contributed by atoms with Crippen molar-refractivity contribution in [3.63, 3.8) is 0 Å². The van der Waals surface area contributed by atoms with Crippen molar-refractivity contribution in [1.29, 1.82) is 0 Å². The van der Waals surface area contributed by atoms with E-state index in [1.807, 2.05) is 59.5 Å². The summed E-state index contributed by atoms with van der Waals surface area (Å²) in [4.78, 5) is 47.4. The highest BCUT2D eigenvalue weighted by Gasteiger charge is 2.43. The van der Waals surface area contributed by atoms with Gasteiger partial charge in [0.1, 0.15) is 12.4 Å². The van der Waals surface area contributed by atoms with Crippen LogP contribution in [0.1, 0.15) is 38.3 Å². The Hall–Kier alpha value is -5.84. The molecule has 2 amide bonds. The Bertz CT molecular complexity index is 2090. The number of para-hydroxylation sites is 5. The molecule has 4 aromatic carbocycles. The molecule has 272 valence electrons. The van der Waals surface area contributed by atoms with E-state index < -0.39 is 18.0 Å². The van der Waals surface area contributed by atoms with E-state index in [1.54, 1.807) is 46.2 Å². The zero-order valence-electron chi connectivity index (χ0n) is 29.7. The molecule has 3 aliphatic heterocycles. The lowest BCUT2D eigenvalue weighted by molar-refractivity contribution is -0.145. The van der Waals surface area contributed by atoms with E-state index >= 15 is 4.39 Å². The molecule has 0 saturated carbocycles. The molecule has 2 unspecified atom stereocenters. The van der Waals surface area contributed by atoms with Crippen molar-refractivity contribution in [2.45, 2.75) is 38.8 Å². The molecule has 4 aromatic rings. The SMILES string of the molecule is CC1(C)CC(=O)C2=C(C1)Nc1ccccc1N(CC(=O)N1CCN(C(=O)C3COc4ccccc4O3)CC1)C2c1ccc(F)c(Oc2ccccc2)c1. The number of carbonyl (C=O) groups excluding carboxylic acids is 3. The number of nitrogens with zero attached hydrogens (tertiary/aromatic N) is 3. The molecule has 2 atom stereocenters. The smallest absolute Gasteiger partial charge is 0.267 e. The Morgan fingerprint density at radius 1 is 0.868 bits per heavy atom. The maximum absolute atomic E-state index is 15.3. The first-order valence-electron chi connectivity index (χ1n) is 18.0. The average Bonchev–Trinajstić information content (AvgIpc) is 3.29. The van der Waals surface area contributed by atoms with Gasteiger partial charge in [-0.25, -0.2) is 4.39 Å². The number of ether oxygens (including phenoxy) is 3. The summed E-state index contributed by atoms with van der Waals surface area (Å²) in [5, 5.41) is 3.57. The third-order valence-corrected chi connectivity index (χ3v) is 10.3. The highest BCUT2D eigenvalue weighted by molar-refractivity contribution is 6.02. The fraction of sp³-hybridized carbons (Fsp3) is 0.310. The number of carbonyl (C=O) groups is 3. The molecular formula is C42H41FN4O6. The summed E-state index contributed by atoms with van der Waals surface area (Å²) in [6, 6.07) is 27.9. The Balaban J connectivity index is 1.09. The number of hydrogen-bond acceptors (Lipinski definition) is 8. The highest BCUT2D eigenvalue weighted by atomic mass is 19.1. The van der Waals surface area contributed by atoms with Crippen LogP contribution in [0.25, 0.3) is 0 Å². The predicted octanol–water partition coefficient (Wildman–Crippen LogP) is 6.75. The fourth-order valence-electron chi connectivity index (χ4n) is 7.72. The van der Waals surface area contributed by atoms with Crippen molar-refractivity contribution in [2.24, 2.45) is 5.41 Å². The molecule has 53 heavy (non-hydrogen) atoms. The number of amides is 2. The summed E-state index contributed by atoms with van der Waals surface area (Å²) < 4.78 is 33.1. The van der Waals surface area contributed by atoms with Crippen molar-refractivity contribution in [1.82, 2.24) is 9.80 Å². The molecular weight excluding hydrogens is 675 g/mol. The van der Waals surface area contributed by atoms with Gasteiger partial charge in [-0.15, -0.1) is 0 Å². The van der Waals surface area contributed by atoms with E-state index in [9.17, 15) is 14.4 Å². The van der Waals surface area contributed by atoms with Gasteiger partial charge in [-0.05, 0) is 65.9 Å². The van der Waals surface area contributed by atoms with Gasteiger partial charge in [0.2, 0.25) is 12.0 Å². The molecule has 11 heteroatoms. The number of rotatable bonds is 6. The second-order valence-electron chi connectivity index (χ2n) is 14.7. The van der Waals surface area contributed by atoms with E-state index in [0.717, 1.165) is 17.1 Å². The maximum atomic E-state index is 15.3. The summed E-state index contributed by atoms with van der Waals surface area (Å²) in [5.74, 6) is 0.734.